The van der Waals surface area contributed by atoms with Gasteiger partial charge in [0.25, 0.3) is 0 Å². The number of carboxylic acids is 1. The molecule has 0 radical (unpaired) electrons. The van der Waals surface area contributed by atoms with Crippen molar-refractivity contribution in [3.8, 4) is 0 Å². The summed E-state index contributed by atoms with van der Waals surface area (Å²) < 4.78 is 0. The lowest BCUT2D eigenvalue weighted by molar-refractivity contribution is -0.131. The summed E-state index contributed by atoms with van der Waals surface area (Å²) >= 11 is 1.51. The number of carbonyl (C=O) groups is 2. The van der Waals surface area contributed by atoms with E-state index in [1.807, 2.05) is 11.4 Å². The minimum absolute atomic E-state index is 0.0495. The van der Waals surface area contributed by atoms with Gasteiger partial charge >= 0.3 is 5.97 Å². The fourth-order valence-corrected chi connectivity index (χ4v) is 2.38. The van der Waals surface area contributed by atoms with Gasteiger partial charge < -0.3 is 10.4 Å². The van der Waals surface area contributed by atoms with Crippen LogP contribution in [0.3, 0.4) is 0 Å². The minimum atomic E-state index is -0.966. The third-order valence-electron chi connectivity index (χ3n) is 3.52. The van der Waals surface area contributed by atoms with Crippen LogP contribution in [0.4, 0.5) is 0 Å². The van der Waals surface area contributed by atoms with E-state index in [1.54, 1.807) is 6.08 Å². The van der Waals surface area contributed by atoms with Gasteiger partial charge in [-0.05, 0) is 34.4 Å². The number of carboxylic acid groups (broad SMARTS) is 1. The molecule has 0 saturated carbocycles. The van der Waals surface area contributed by atoms with E-state index in [0.717, 1.165) is 16.5 Å². The van der Waals surface area contributed by atoms with Gasteiger partial charge in [0.15, 0.2) is 0 Å². The van der Waals surface area contributed by atoms with Crippen LogP contribution in [0.15, 0.2) is 17.5 Å². The van der Waals surface area contributed by atoms with Gasteiger partial charge in [-0.3, -0.25) is 4.79 Å². The minimum Gasteiger partial charge on any atom is -0.478 e. The van der Waals surface area contributed by atoms with Gasteiger partial charge in [0.05, 0.1) is 6.54 Å². The third-order valence-corrected chi connectivity index (χ3v) is 4.48. The molecule has 5 heteroatoms. The van der Waals surface area contributed by atoms with E-state index in [9.17, 15) is 9.59 Å². The average molecular weight is 309 g/mol. The molecule has 116 valence electrons. The molecule has 0 bridgehead atoms. The second-order valence-electron chi connectivity index (χ2n) is 6.27. The van der Waals surface area contributed by atoms with Crippen molar-refractivity contribution in [2.45, 2.75) is 40.7 Å². The molecule has 0 aliphatic heterocycles. The zero-order chi connectivity index (χ0) is 16.0. The summed E-state index contributed by atoms with van der Waals surface area (Å²) in [5.74, 6) is -0.601. The molecule has 0 saturated heterocycles. The molecule has 0 aliphatic carbocycles. The Balaban J connectivity index is 2.45. The maximum absolute atomic E-state index is 11.9. The summed E-state index contributed by atoms with van der Waals surface area (Å²) in [5, 5.41) is 13.4. The first-order valence-corrected chi connectivity index (χ1v) is 7.81. The molecule has 1 aromatic rings. The Morgan fingerprint density at radius 1 is 1.43 bits per heavy atom. The predicted octanol–water partition coefficient (Wildman–Crippen LogP) is 3.53. The van der Waals surface area contributed by atoms with Crippen LogP contribution in [0.2, 0.25) is 0 Å². The standard InChI is InChI=1S/C16H23NO3S/c1-11(16(2,3)4)7-14(18)17-9-13-8-12(10-21-13)5-6-15(19)20/h5-6,8,10-11H,7,9H2,1-4H3,(H,17,18)(H,19,20). The molecule has 21 heavy (non-hydrogen) atoms. The van der Waals surface area contributed by atoms with Gasteiger partial charge in [-0.2, -0.15) is 0 Å². The lowest BCUT2D eigenvalue weighted by atomic mass is 9.80. The Morgan fingerprint density at radius 2 is 2.10 bits per heavy atom. The smallest absolute Gasteiger partial charge is 0.328 e. The van der Waals surface area contributed by atoms with Crippen molar-refractivity contribution in [3.05, 3.63) is 28.0 Å². The van der Waals surface area contributed by atoms with Gasteiger partial charge in [-0.25, -0.2) is 4.79 Å². The van der Waals surface area contributed by atoms with Gasteiger partial charge in [-0.15, -0.1) is 11.3 Å². The summed E-state index contributed by atoms with van der Waals surface area (Å²) in [6.45, 7) is 8.96. The highest BCUT2D eigenvalue weighted by atomic mass is 32.1. The van der Waals surface area contributed by atoms with Gasteiger partial charge in [0.2, 0.25) is 5.91 Å². The highest BCUT2D eigenvalue weighted by Gasteiger charge is 2.22. The first-order valence-electron chi connectivity index (χ1n) is 6.93. The Bertz CT molecular complexity index is 526. The van der Waals surface area contributed by atoms with Crippen LogP contribution in [0.1, 0.15) is 44.6 Å². The molecular weight excluding hydrogens is 286 g/mol. The van der Waals surface area contributed by atoms with Crippen LogP contribution < -0.4 is 5.32 Å². The van der Waals surface area contributed by atoms with Crippen LogP contribution in [-0.2, 0) is 16.1 Å². The van der Waals surface area contributed by atoms with Crippen LogP contribution in [0, 0.1) is 11.3 Å². The largest absolute Gasteiger partial charge is 0.478 e. The molecule has 1 unspecified atom stereocenters. The molecule has 1 rings (SSSR count). The number of nitrogens with one attached hydrogen (secondary N) is 1. The van der Waals surface area contributed by atoms with E-state index in [4.69, 9.17) is 5.11 Å². The summed E-state index contributed by atoms with van der Waals surface area (Å²) in [6, 6.07) is 1.89. The second-order valence-corrected chi connectivity index (χ2v) is 7.26. The molecule has 1 aromatic heterocycles. The summed E-state index contributed by atoms with van der Waals surface area (Å²) in [6.07, 6.45) is 3.17. The van der Waals surface area contributed by atoms with E-state index in [0.29, 0.717) is 18.9 Å². The number of aliphatic carboxylic acids is 1. The van der Waals surface area contributed by atoms with Gasteiger partial charge in [0.1, 0.15) is 0 Å². The normalized spacial score (nSPS) is 13.3. The fourth-order valence-electron chi connectivity index (χ4n) is 1.59. The maximum atomic E-state index is 11.9. The summed E-state index contributed by atoms with van der Waals surface area (Å²) in [4.78, 5) is 23.3. The topological polar surface area (TPSA) is 66.4 Å². The number of carbonyl (C=O) groups excluding carboxylic acids is 1. The SMILES string of the molecule is CC(CC(=O)NCc1cc(C=CC(=O)O)cs1)C(C)(C)C. The lowest BCUT2D eigenvalue weighted by Crippen LogP contribution is -2.28. The van der Waals surface area contributed by atoms with Crippen molar-refractivity contribution in [2.24, 2.45) is 11.3 Å². The second kappa shape index (κ2) is 7.41. The van der Waals surface area contributed by atoms with E-state index in [2.05, 4.69) is 33.0 Å². The Morgan fingerprint density at radius 3 is 2.67 bits per heavy atom. The molecule has 1 atom stereocenters. The highest BCUT2D eigenvalue weighted by molar-refractivity contribution is 7.10. The molecule has 1 amide bonds. The van der Waals surface area contributed by atoms with Crippen LogP contribution in [-0.4, -0.2) is 17.0 Å². The number of amides is 1. The van der Waals surface area contributed by atoms with Crippen molar-refractivity contribution in [1.82, 2.24) is 5.32 Å². The number of hydrogen-bond acceptors (Lipinski definition) is 3. The maximum Gasteiger partial charge on any atom is 0.328 e. The molecular formula is C16H23NO3S. The van der Waals surface area contributed by atoms with Gasteiger partial charge in [0, 0.05) is 17.4 Å². The monoisotopic (exact) mass is 309 g/mol. The van der Waals surface area contributed by atoms with Crippen LogP contribution in [0.5, 0.6) is 0 Å². The van der Waals surface area contributed by atoms with Gasteiger partial charge in [-0.1, -0.05) is 27.7 Å². The van der Waals surface area contributed by atoms with Crippen molar-refractivity contribution in [3.63, 3.8) is 0 Å². The lowest BCUT2D eigenvalue weighted by Gasteiger charge is -2.26. The van der Waals surface area contributed by atoms with Crippen LogP contribution >= 0.6 is 11.3 Å². The quantitative estimate of drug-likeness (QED) is 0.790. The molecule has 0 aromatic carbocycles. The van der Waals surface area contributed by atoms with E-state index in [-0.39, 0.29) is 11.3 Å². The molecule has 4 nitrogen and oxygen atoms in total. The van der Waals surface area contributed by atoms with Crippen LogP contribution in [0.25, 0.3) is 6.08 Å². The number of rotatable bonds is 6. The Labute approximate surface area is 129 Å². The van der Waals surface area contributed by atoms with Crippen molar-refractivity contribution in [2.75, 3.05) is 0 Å². The molecule has 0 spiro atoms. The first-order chi connectivity index (χ1) is 9.68. The fraction of sp³-hybridized carbons (Fsp3) is 0.500. The molecule has 0 aliphatic rings. The number of hydrogen-bond donors (Lipinski definition) is 2. The molecule has 2 N–H and O–H groups in total. The van der Waals surface area contributed by atoms with Crippen molar-refractivity contribution >= 4 is 29.3 Å². The Kier molecular flexibility index (Phi) is 6.15. The molecule has 0 fully saturated rings. The van der Waals surface area contributed by atoms with Crippen molar-refractivity contribution in [1.29, 1.82) is 0 Å². The van der Waals surface area contributed by atoms with Crippen molar-refractivity contribution < 1.29 is 14.7 Å². The zero-order valence-electron chi connectivity index (χ0n) is 13.0. The van der Waals surface area contributed by atoms with E-state index in [1.165, 1.54) is 11.3 Å². The first kappa shape index (κ1) is 17.4. The zero-order valence-corrected chi connectivity index (χ0v) is 13.8. The summed E-state index contributed by atoms with van der Waals surface area (Å²) in [7, 11) is 0. The third kappa shape index (κ3) is 6.58. The average Bonchev–Trinajstić information content (AvgIpc) is 2.80. The molecule has 1 heterocycles. The number of thiophene rings is 1. The summed E-state index contributed by atoms with van der Waals surface area (Å²) in [5.41, 5.74) is 0.962. The van der Waals surface area contributed by atoms with E-state index >= 15 is 0 Å². The van der Waals surface area contributed by atoms with E-state index < -0.39 is 5.97 Å². The predicted molar refractivity (Wildman–Crippen MR) is 86.1 cm³/mol. The highest BCUT2D eigenvalue weighted by Crippen LogP contribution is 2.27. The Hall–Kier alpha value is -1.62.